The predicted molar refractivity (Wildman–Crippen MR) is 61.2 cm³/mol. The van der Waals surface area contributed by atoms with Crippen molar-refractivity contribution >= 4 is 6.21 Å². The molecule has 0 saturated heterocycles. The van der Waals surface area contributed by atoms with Crippen molar-refractivity contribution < 1.29 is 0 Å². The van der Waals surface area contributed by atoms with E-state index in [1.54, 1.807) is 0 Å². The first-order valence-electron chi connectivity index (χ1n) is 5.06. The van der Waals surface area contributed by atoms with Crippen LogP contribution in [0.5, 0.6) is 0 Å². The lowest BCUT2D eigenvalue weighted by molar-refractivity contribution is 1.14. The average molecular weight is 171 g/mol. The molecule has 0 spiro atoms. The first-order valence-corrected chi connectivity index (χ1v) is 5.06. The van der Waals surface area contributed by atoms with Crippen LogP contribution in [-0.2, 0) is 0 Å². The third-order valence-electron chi connectivity index (χ3n) is 0.746. The molecule has 0 atom stereocenters. The minimum Gasteiger partial charge on any atom is -0.293 e. The molecule has 1 heteroatoms. The van der Waals surface area contributed by atoms with Crippen LogP contribution in [-0.4, -0.2) is 12.8 Å². The van der Waals surface area contributed by atoms with Crippen LogP contribution in [0.4, 0.5) is 0 Å². The molecule has 0 heterocycles. The van der Waals surface area contributed by atoms with Crippen molar-refractivity contribution in [2.45, 2.75) is 48.0 Å². The number of rotatable bonds is 3. The molecule has 0 radical (unpaired) electrons. The highest BCUT2D eigenvalue weighted by Gasteiger charge is 1.62. The molecule has 0 N–H and O–H groups in total. The number of allylic oxidation sites excluding steroid dienone is 2. The van der Waals surface area contributed by atoms with Gasteiger partial charge in [0.2, 0.25) is 0 Å². The monoisotopic (exact) mass is 171 g/mol. The van der Waals surface area contributed by atoms with Gasteiger partial charge in [-0.05, 0) is 19.4 Å². The van der Waals surface area contributed by atoms with E-state index in [-0.39, 0.29) is 0 Å². The standard InChI is InChI=1S/C7H13N.2C2H6/c1-3-5-6-7-8-4-2;2*1-2/h5-7H,3-4H2,1-2H3;2*1-2H3/b6-5-,8-7?;;. The van der Waals surface area contributed by atoms with E-state index >= 15 is 0 Å². The quantitative estimate of drug-likeness (QED) is 0.567. The van der Waals surface area contributed by atoms with Gasteiger partial charge in [-0.1, -0.05) is 40.7 Å². The van der Waals surface area contributed by atoms with Crippen molar-refractivity contribution in [3.63, 3.8) is 0 Å². The summed E-state index contributed by atoms with van der Waals surface area (Å²) in [5.41, 5.74) is 0. The Morgan fingerprint density at radius 3 is 1.83 bits per heavy atom. The number of nitrogens with zero attached hydrogens (tertiary/aromatic N) is 1. The Balaban J connectivity index is -0.000000175. The lowest BCUT2D eigenvalue weighted by Crippen LogP contribution is -1.67. The van der Waals surface area contributed by atoms with Gasteiger partial charge in [0.25, 0.3) is 0 Å². The molecule has 0 saturated carbocycles. The van der Waals surface area contributed by atoms with E-state index in [0.29, 0.717) is 0 Å². The van der Waals surface area contributed by atoms with Crippen LogP contribution >= 0.6 is 0 Å². The highest BCUT2D eigenvalue weighted by Crippen LogP contribution is 1.75. The maximum Gasteiger partial charge on any atom is 0.0360 e. The molecule has 0 aromatic carbocycles. The Kier molecular flexibility index (Phi) is 45.9. The number of hydrogen-bond acceptors (Lipinski definition) is 1. The molecule has 0 aliphatic heterocycles. The van der Waals surface area contributed by atoms with Crippen LogP contribution in [0.2, 0.25) is 0 Å². The summed E-state index contributed by atoms with van der Waals surface area (Å²) >= 11 is 0. The Morgan fingerprint density at radius 2 is 1.50 bits per heavy atom. The number of hydrogen-bond donors (Lipinski definition) is 0. The fraction of sp³-hybridized carbons (Fsp3) is 0.727. The van der Waals surface area contributed by atoms with E-state index in [0.717, 1.165) is 13.0 Å². The molecule has 0 aliphatic rings. The Hall–Kier alpha value is -0.590. The zero-order valence-electron chi connectivity index (χ0n) is 9.59. The molecular formula is C11H25N. The topological polar surface area (TPSA) is 12.4 Å². The van der Waals surface area contributed by atoms with Gasteiger partial charge in [-0.15, -0.1) is 0 Å². The van der Waals surface area contributed by atoms with E-state index < -0.39 is 0 Å². The SMILES string of the molecule is CC.CC.CC/C=C\C=NCC. The van der Waals surface area contributed by atoms with Crippen molar-refractivity contribution in [3.05, 3.63) is 12.2 Å². The Morgan fingerprint density at radius 1 is 1.00 bits per heavy atom. The summed E-state index contributed by atoms with van der Waals surface area (Å²) in [6, 6.07) is 0. The third kappa shape index (κ3) is 34.2. The highest BCUT2D eigenvalue weighted by molar-refractivity contribution is 5.70. The predicted octanol–water partition coefficient (Wildman–Crippen LogP) is 4.10. The van der Waals surface area contributed by atoms with Gasteiger partial charge in [0, 0.05) is 12.8 Å². The summed E-state index contributed by atoms with van der Waals surface area (Å²) in [5, 5.41) is 0. The van der Waals surface area contributed by atoms with E-state index in [2.05, 4.69) is 18.0 Å². The molecule has 12 heavy (non-hydrogen) atoms. The lowest BCUT2D eigenvalue weighted by Gasteiger charge is -1.75. The van der Waals surface area contributed by atoms with Crippen molar-refractivity contribution in [1.29, 1.82) is 0 Å². The summed E-state index contributed by atoms with van der Waals surface area (Å²) in [4.78, 5) is 4.00. The summed E-state index contributed by atoms with van der Waals surface area (Å²) < 4.78 is 0. The second kappa shape index (κ2) is 31.5. The molecule has 0 unspecified atom stereocenters. The lowest BCUT2D eigenvalue weighted by atomic mass is 10.4. The fourth-order valence-electron chi connectivity index (χ4n) is 0.363. The first kappa shape index (κ1) is 17.5. The molecule has 0 amide bonds. The van der Waals surface area contributed by atoms with Gasteiger partial charge in [0.1, 0.15) is 0 Å². The largest absolute Gasteiger partial charge is 0.293 e. The smallest absolute Gasteiger partial charge is 0.0360 e. The van der Waals surface area contributed by atoms with E-state index in [1.165, 1.54) is 0 Å². The normalized spacial score (nSPS) is 8.83. The minimum atomic E-state index is 0.883. The summed E-state index contributed by atoms with van der Waals surface area (Å²) in [5.74, 6) is 0. The Bertz CT molecular complexity index is 71.0. The first-order chi connectivity index (χ1) is 5.91. The van der Waals surface area contributed by atoms with E-state index in [1.807, 2.05) is 46.9 Å². The van der Waals surface area contributed by atoms with Gasteiger partial charge < -0.3 is 0 Å². The maximum absolute atomic E-state index is 4.00. The minimum absolute atomic E-state index is 0.883. The molecule has 0 bridgehead atoms. The third-order valence-corrected chi connectivity index (χ3v) is 0.746. The molecular weight excluding hydrogens is 146 g/mol. The van der Waals surface area contributed by atoms with Gasteiger partial charge in [0.15, 0.2) is 0 Å². The van der Waals surface area contributed by atoms with Crippen LogP contribution in [0.3, 0.4) is 0 Å². The summed E-state index contributed by atoms with van der Waals surface area (Å²) in [6.07, 6.45) is 6.99. The second-order valence-corrected chi connectivity index (χ2v) is 1.48. The van der Waals surface area contributed by atoms with Crippen molar-refractivity contribution in [3.8, 4) is 0 Å². The molecule has 74 valence electrons. The van der Waals surface area contributed by atoms with Crippen molar-refractivity contribution in [2.24, 2.45) is 4.99 Å². The van der Waals surface area contributed by atoms with Crippen LogP contribution in [0.15, 0.2) is 17.1 Å². The van der Waals surface area contributed by atoms with Crippen LogP contribution in [0.25, 0.3) is 0 Å². The second-order valence-electron chi connectivity index (χ2n) is 1.48. The van der Waals surface area contributed by atoms with Crippen LogP contribution in [0, 0.1) is 0 Å². The van der Waals surface area contributed by atoms with Crippen LogP contribution < -0.4 is 0 Å². The molecule has 0 rings (SSSR count). The fourth-order valence-corrected chi connectivity index (χ4v) is 0.363. The molecule has 0 aromatic rings. The maximum atomic E-state index is 4.00. The number of aliphatic imine (C=N–C) groups is 1. The van der Waals surface area contributed by atoms with Gasteiger partial charge >= 0.3 is 0 Å². The van der Waals surface area contributed by atoms with Crippen molar-refractivity contribution in [2.75, 3.05) is 6.54 Å². The van der Waals surface area contributed by atoms with Crippen molar-refractivity contribution in [1.82, 2.24) is 0 Å². The summed E-state index contributed by atoms with van der Waals surface area (Å²) in [7, 11) is 0. The molecule has 0 aliphatic carbocycles. The average Bonchev–Trinajstić information content (AvgIpc) is 2.19. The van der Waals surface area contributed by atoms with Gasteiger partial charge in [-0.25, -0.2) is 0 Å². The van der Waals surface area contributed by atoms with E-state index in [9.17, 15) is 0 Å². The van der Waals surface area contributed by atoms with E-state index in [4.69, 9.17) is 0 Å². The van der Waals surface area contributed by atoms with Gasteiger partial charge in [0.05, 0.1) is 0 Å². The van der Waals surface area contributed by atoms with Crippen LogP contribution in [0.1, 0.15) is 48.0 Å². The Labute approximate surface area is 78.6 Å². The molecule has 0 fully saturated rings. The zero-order chi connectivity index (χ0) is 10.2. The zero-order valence-corrected chi connectivity index (χ0v) is 9.59. The molecule has 0 aromatic heterocycles. The highest BCUT2D eigenvalue weighted by atomic mass is 14.7. The molecule has 1 nitrogen and oxygen atoms in total. The van der Waals surface area contributed by atoms with Gasteiger partial charge in [-0.3, -0.25) is 4.99 Å². The summed E-state index contributed by atoms with van der Waals surface area (Å²) in [6.45, 7) is 13.0. The van der Waals surface area contributed by atoms with Gasteiger partial charge in [-0.2, -0.15) is 0 Å².